The maximum atomic E-state index is 11.5. The Labute approximate surface area is 79.2 Å². The maximum absolute atomic E-state index is 11.5. The molecule has 0 bridgehead atoms. The van der Waals surface area contributed by atoms with Crippen LogP contribution in [0.2, 0.25) is 0 Å². The number of carbonyl (C=O) groups is 1. The average molecular weight is 177 g/mol. The number of nitrogens with zero attached hydrogens (tertiary/aromatic N) is 1. The molecule has 0 heterocycles. The molecule has 0 saturated carbocycles. The molecule has 1 aliphatic carbocycles. The van der Waals surface area contributed by atoms with E-state index in [4.69, 9.17) is 5.26 Å². The zero-order valence-corrected chi connectivity index (χ0v) is 8.05. The lowest BCUT2D eigenvalue weighted by Gasteiger charge is -2.04. The second kappa shape index (κ2) is 4.81. The van der Waals surface area contributed by atoms with Crippen molar-refractivity contribution in [3.05, 3.63) is 11.6 Å². The number of carbonyl (C=O) groups excluding carboxylic acids is 1. The van der Waals surface area contributed by atoms with Crippen molar-refractivity contribution in [1.82, 2.24) is 0 Å². The van der Waals surface area contributed by atoms with Gasteiger partial charge in [-0.15, -0.1) is 0 Å². The van der Waals surface area contributed by atoms with Crippen LogP contribution in [0.4, 0.5) is 0 Å². The first-order valence-electron chi connectivity index (χ1n) is 4.86. The quantitative estimate of drug-likeness (QED) is 0.650. The van der Waals surface area contributed by atoms with Gasteiger partial charge in [-0.2, -0.15) is 5.26 Å². The fraction of sp³-hybridized carbons (Fsp3) is 0.636. The Balaban J connectivity index is 2.60. The average Bonchev–Trinajstić information content (AvgIpc) is 2.32. The summed E-state index contributed by atoms with van der Waals surface area (Å²) < 4.78 is 0. The zero-order valence-electron chi connectivity index (χ0n) is 8.05. The third-order valence-corrected chi connectivity index (χ3v) is 2.35. The van der Waals surface area contributed by atoms with E-state index >= 15 is 0 Å². The highest BCUT2D eigenvalue weighted by molar-refractivity contribution is 5.95. The molecule has 0 aromatic carbocycles. The second-order valence-electron chi connectivity index (χ2n) is 3.63. The van der Waals surface area contributed by atoms with Crippen LogP contribution in [-0.2, 0) is 4.79 Å². The van der Waals surface area contributed by atoms with Gasteiger partial charge in [-0.05, 0) is 38.2 Å². The molecule has 2 heteroatoms. The summed E-state index contributed by atoms with van der Waals surface area (Å²) in [6.07, 6.45) is 6.43. The Kier molecular flexibility index (Phi) is 3.70. The van der Waals surface area contributed by atoms with Gasteiger partial charge in [0, 0.05) is 12.3 Å². The van der Waals surface area contributed by atoms with Crippen molar-refractivity contribution >= 4 is 5.78 Å². The molecule has 0 saturated heterocycles. The molecule has 0 amide bonds. The highest BCUT2D eigenvalue weighted by atomic mass is 16.1. The van der Waals surface area contributed by atoms with Crippen molar-refractivity contribution in [1.29, 1.82) is 5.26 Å². The number of rotatable bonds is 2. The van der Waals surface area contributed by atoms with Gasteiger partial charge in [0.05, 0.1) is 6.07 Å². The molecular weight excluding hydrogens is 162 g/mol. The molecule has 0 aliphatic heterocycles. The number of allylic oxidation sites excluding steroid dienone is 2. The molecule has 2 nitrogen and oxygen atoms in total. The summed E-state index contributed by atoms with van der Waals surface area (Å²) in [5, 5.41) is 8.63. The fourth-order valence-corrected chi connectivity index (χ4v) is 1.55. The minimum Gasteiger partial charge on any atom is -0.295 e. The first kappa shape index (κ1) is 9.98. The highest BCUT2D eigenvalue weighted by Crippen LogP contribution is 2.19. The number of ketones is 1. The van der Waals surface area contributed by atoms with E-state index in [9.17, 15) is 4.79 Å². The van der Waals surface area contributed by atoms with Crippen molar-refractivity contribution in [2.75, 3.05) is 0 Å². The lowest BCUT2D eigenvalue weighted by atomic mass is 9.98. The Morgan fingerprint density at radius 2 is 2.38 bits per heavy atom. The number of hydrogen-bond acceptors (Lipinski definition) is 2. The summed E-state index contributed by atoms with van der Waals surface area (Å²) in [7, 11) is 0. The van der Waals surface area contributed by atoms with Crippen molar-refractivity contribution in [3.8, 4) is 6.07 Å². The monoisotopic (exact) mass is 177 g/mol. The third-order valence-electron chi connectivity index (χ3n) is 2.35. The summed E-state index contributed by atoms with van der Waals surface area (Å²) >= 11 is 0. The molecular formula is C11H15NO. The first-order chi connectivity index (χ1) is 6.24. The molecule has 1 unspecified atom stereocenters. The van der Waals surface area contributed by atoms with Gasteiger partial charge in [-0.1, -0.05) is 6.08 Å². The standard InChI is InChI=1S/C11H15NO/c1-9(8-12)7-10-5-3-2-4-6-11(10)13/h5,9H,2-4,6-7H2,1H3. The molecule has 70 valence electrons. The van der Waals surface area contributed by atoms with E-state index in [1.54, 1.807) is 0 Å². The summed E-state index contributed by atoms with van der Waals surface area (Å²) in [5.41, 5.74) is 0.881. The molecule has 1 atom stereocenters. The van der Waals surface area contributed by atoms with Crippen LogP contribution in [0.5, 0.6) is 0 Å². The van der Waals surface area contributed by atoms with Crippen LogP contribution in [0.3, 0.4) is 0 Å². The fourth-order valence-electron chi connectivity index (χ4n) is 1.55. The van der Waals surface area contributed by atoms with Gasteiger partial charge in [0.2, 0.25) is 0 Å². The van der Waals surface area contributed by atoms with Gasteiger partial charge in [-0.25, -0.2) is 0 Å². The minimum absolute atomic E-state index is 0.0340. The van der Waals surface area contributed by atoms with Gasteiger partial charge in [-0.3, -0.25) is 4.79 Å². The van der Waals surface area contributed by atoms with E-state index in [0.717, 1.165) is 24.8 Å². The zero-order chi connectivity index (χ0) is 9.68. The van der Waals surface area contributed by atoms with Crippen LogP contribution in [0.25, 0.3) is 0 Å². The largest absolute Gasteiger partial charge is 0.295 e. The van der Waals surface area contributed by atoms with Gasteiger partial charge in [0.25, 0.3) is 0 Å². The molecule has 0 N–H and O–H groups in total. The third kappa shape index (κ3) is 3.02. The smallest absolute Gasteiger partial charge is 0.158 e. The molecule has 0 aromatic rings. The van der Waals surface area contributed by atoms with E-state index in [1.807, 2.05) is 13.0 Å². The predicted molar refractivity (Wildman–Crippen MR) is 51.0 cm³/mol. The number of hydrogen-bond donors (Lipinski definition) is 0. The van der Waals surface area contributed by atoms with E-state index in [2.05, 4.69) is 6.07 Å². The lowest BCUT2D eigenvalue weighted by Crippen LogP contribution is -2.04. The lowest BCUT2D eigenvalue weighted by molar-refractivity contribution is -0.115. The Morgan fingerprint density at radius 1 is 1.62 bits per heavy atom. The summed E-state index contributed by atoms with van der Waals surface area (Å²) in [4.78, 5) is 11.5. The first-order valence-corrected chi connectivity index (χ1v) is 4.86. The highest BCUT2D eigenvalue weighted by Gasteiger charge is 2.14. The molecule has 1 rings (SSSR count). The summed E-state index contributed by atoms with van der Waals surface area (Å²) in [5.74, 6) is 0.216. The molecule has 13 heavy (non-hydrogen) atoms. The molecule has 0 spiro atoms. The van der Waals surface area contributed by atoms with E-state index in [1.165, 1.54) is 0 Å². The maximum Gasteiger partial charge on any atom is 0.158 e. The SMILES string of the molecule is CC(C#N)CC1=CCCCCC1=O. The summed E-state index contributed by atoms with van der Waals surface area (Å²) in [6.45, 7) is 1.86. The van der Waals surface area contributed by atoms with Crippen molar-refractivity contribution in [2.45, 2.75) is 39.0 Å². The Morgan fingerprint density at radius 3 is 3.08 bits per heavy atom. The topological polar surface area (TPSA) is 40.9 Å². The molecule has 1 aliphatic rings. The van der Waals surface area contributed by atoms with Crippen LogP contribution in [0.15, 0.2) is 11.6 Å². The Hall–Kier alpha value is -1.10. The van der Waals surface area contributed by atoms with E-state index in [-0.39, 0.29) is 11.7 Å². The predicted octanol–water partition coefficient (Wildman–Crippen LogP) is 2.61. The molecule has 0 aromatic heterocycles. The van der Waals surface area contributed by atoms with Crippen LogP contribution < -0.4 is 0 Å². The Bertz CT molecular complexity index is 260. The molecule has 0 radical (unpaired) electrons. The van der Waals surface area contributed by atoms with Gasteiger partial charge < -0.3 is 0 Å². The van der Waals surface area contributed by atoms with E-state index in [0.29, 0.717) is 12.8 Å². The van der Waals surface area contributed by atoms with Crippen LogP contribution in [0, 0.1) is 17.2 Å². The van der Waals surface area contributed by atoms with Crippen molar-refractivity contribution in [2.24, 2.45) is 5.92 Å². The summed E-state index contributed by atoms with van der Waals surface area (Å²) in [6, 6.07) is 2.16. The van der Waals surface area contributed by atoms with Crippen molar-refractivity contribution < 1.29 is 4.79 Å². The molecule has 0 fully saturated rings. The van der Waals surface area contributed by atoms with E-state index < -0.39 is 0 Å². The second-order valence-corrected chi connectivity index (χ2v) is 3.63. The van der Waals surface area contributed by atoms with Crippen molar-refractivity contribution in [3.63, 3.8) is 0 Å². The normalized spacial score (nSPS) is 20.0. The number of nitriles is 1. The van der Waals surface area contributed by atoms with Gasteiger partial charge in [0.1, 0.15) is 0 Å². The van der Waals surface area contributed by atoms with Crippen LogP contribution >= 0.6 is 0 Å². The van der Waals surface area contributed by atoms with Crippen LogP contribution in [-0.4, -0.2) is 5.78 Å². The number of Topliss-reactive ketones (excluding diaryl/α,β-unsaturated/α-hetero) is 1. The van der Waals surface area contributed by atoms with Gasteiger partial charge >= 0.3 is 0 Å². The van der Waals surface area contributed by atoms with Gasteiger partial charge in [0.15, 0.2) is 5.78 Å². The minimum atomic E-state index is -0.0340. The van der Waals surface area contributed by atoms with Crippen LogP contribution in [0.1, 0.15) is 39.0 Å².